The van der Waals surface area contributed by atoms with Crippen LogP contribution in [-0.4, -0.2) is 33.9 Å². The molecule has 0 unspecified atom stereocenters. The van der Waals surface area contributed by atoms with Gasteiger partial charge in [-0.25, -0.2) is 12.8 Å². The van der Waals surface area contributed by atoms with E-state index >= 15 is 0 Å². The quantitative estimate of drug-likeness (QED) is 0.800. The highest BCUT2D eigenvalue weighted by Crippen LogP contribution is 2.28. The molecule has 7 heteroatoms. The third kappa shape index (κ3) is 4.22. The number of sulfonamides is 1. The van der Waals surface area contributed by atoms with Crippen molar-refractivity contribution >= 4 is 21.4 Å². The Bertz CT molecular complexity index is 838. The molecule has 1 aliphatic heterocycles. The van der Waals surface area contributed by atoms with Gasteiger partial charge in [-0.1, -0.05) is 17.7 Å². The normalized spacial score (nSPS) is 16.0. The summed E-state index contributed by atoms with van der Waals surface area (Å²) in [5.41, 5.74) is 1.91. The van der Waals surface area contributed by atoms with Crippen molar-refractivity contribution in [2.45, 2.75) is 13.3 Å². The Morgan fingerprint density at radius 3 is 2.64 bits per heavy atom. The molecule has 25 heavy (non-hydrogen) atoms. The van der Waals surface area contributed by atoms with Crippen molar-refractivity contribution in [2.75, 3.05) is 35.1 Å². The topological polar surface area (TPSA) is 58.6 Å². The molecule has 0 bridgehead atoms. The highest BCUT2D eigenvalue weighted by Gasteiger charge is 2.28. The monoisotopic (exact) mass is 364 g/mol. The minimum absolute atomic E-state index is 0.136. The fourth-order valence-corrected chi connectivity index (χ4v) is 4.28. The maximum absolute atomic E-state index is 14.0. The molecule has 1 heterocycles. The van der Waals surface area contributed by atoms with Crippen LogP contribution < -0.4 is 14.4 Å². The molecule has 3 rings (SSSR count). The van der Waals surface area contributed by atoms with Crippen LogP contribution in [0.15, 0.2) is 42.5 Å². The number of hydrogen-bond donors (Lipinski definition) is 1. The Morgan fingerprint density at radius 2 is 1.96 bits per heavy atom. The Hall–Kier alpha value is -2.28. The second kappa shape index (κ2) is 7.31. The lowest BCUT2D eigenvalue weighted by atomic mass is 10.2. The van der Waals surface area contributed by atoms with Gasteiger partial charge in [-0.3, -0.25) is 4.31 Å². The molecule has 0 amide bonds. The van der Waals surface area contributed by atoms with Crippen LogP contribution in [0.25, 0.3) is 0 Å². The van der Waals surface area contributed by atoms with Gasteiger partial charge in [0.25, 0.3) is 0 Å². The highest BCUT2D eigenvalue weighted by molar-refractivity contribution is 7.93. The SMILES string of the molecule is Cc1ccc(OCCNc2cc(N3CCCS3(=O)=O)ccc2F)cc1. The summed E-state index contributed by atoms with van der Waals surface area (Å²) in [7, 11) is -3.28. The molecular weight excluding hydrogens is 343 g/mol. The lowest BCUT2D eigenvalue weighted by Crippen LogP contribution is -2.25. The number of ether oxygens (including phenoxy) is 1. The van der Waals surface area contributed by atoms with E-state index in [2.05, 4.69) is 5.32 Å². The summed E-state index contributed by atoms with van der Waals surface area (Å²) in [6.45, 7) is 3.21. The van der Waals surface area contributed by atoms with Crippen LogP contribution in [0.3, 0.4) is 0 Å². The van der Waals surface area contributed by atoms with Crippen molar-refractivity contribution in [3.63, 3.8) is 0 Å². The first kappa shape index (κ1) is 17.5. The molecule has 0 aliphatic carbocycles. The zero-order valence-electron chi connectivity index (χ0n) is 14.0. The number of hydrogen-bond acceptors (Lipinski definition) is 4. The van der Waals surface area contributed by atoms with Gasteiger partial charge in [-0.15, -0.1) is 0 Å². The Labute approximate surface area is 147 Å². The second-order valence-corrected chi connectivity index (χ2v) is 8.01. The summed E-state index contributed by atoms with van der Waals surface area (Å²) >= 11 is 0. The molecule has 0 atom stereocenters. The first-order valence-electron chi connectivity index (χ1n) is 8.19. The van der Waals surface area contributed by atoms with E-state index in [1.807, 2.05) is 31.2 Å². The smallest absolute Gasteiger partial charge is 0.235 e. The zero-order valence-corrected chi connectivity index (χ0v) is 14.9. The van der Waals surface area contributed by atoms with Gasteiger partial charge in [0.15, 0.2) is 0 Å². The van der Waals surface area contributed by atoms with Gasteiger partial charge in [-0.05, 0) is 43.7 Å². The van der Waals surface area contributed by atoms with E-state index in [9.17, 15) is 12.8 Å². The number of anilines is 2. The second-order valence-electron chi connectivity index (χ2n) is 5.99. The van der Waals surface area contributed by atoms with Crippen molar-refractivity contribution in [2.24, 2.45) is 0 Å². The molecule has 5 nitrogen and oxygen atoms in total. The summed E-state index contributed by atoms with van der Waals surface area (Å²) in [4.78, 5) is 0. The summed E-state index contributed by atoms with van der Waals surface area (Å²) in [6.07, 6.45) is 0.590. The largest absolute Gasteiger partial charge is 0.492 e. The molecule has 2 aromatic carbocycles. The van der Waals surface area contributed by atoms with E-state index < -0.39 is 15.8 Å². The van der Waals surface area contributed by atoms with Crippen molar-refractivity contribution in [1.29, 1.82) is 0 Å². The van der Waals surface area contributed by atoms with Gasteiger partial charge in [0.2, 0.25) is 10.0 Å². The first-order chi connectivity index (χ1) is 12.0. The molecule has 1 fully saturated rings. The molecule has 0 spiro atoms. The lowest BCUT2D eigenvalue weighted by Gasteiger charge is -2.18. The lowest BCUT2D eigenvalue weighted by molar-refractivity contribution is 0.332. The van der Waals surface area contributed by atoms with Crippen molar-refractivity contribution in [3.05, 3.63) is 53.8 Å². The number of benzene rings is 2. The van der Waals surface area contributed by atoms with Gasteiger partial charge in [0, 0.05) is 13.1 Å². The van der Waals surface area contributed by atoms with E-state index in [1.165, 1.54) is 22.5 Å². The van der Waals surface area contributed by atoms with Gasteiger partial charge in [0.1, 0.15) is 18.2 Å². The van der Waals surface area contributed by atoms with Gasteiger partial charge in [0.05, 0.1) is 17.1 Å². The Morgan fingerprint density at radius 1 is 1.20 bits per heavy atom. The predicted molar refractivity (Wildman–Crippen MR) is 97.3 cm³/mol. The fourth-order valence-electron chi connectivity index (χ4n) is 2.72. The van der Waals surface area contributed by atoms with Crippen LogP contribution in [0, 0.1) is 12.7 Å². The molecule has 134 valence electrons. The maximum atomic E-state index is 14.0. The molecule has 0 aromatic heterocycles. The molecule has 0 radical (unpaired) electrons. The third-order valence-corrected chi connectivity index (χ3v) is 5.91. The Kier molecular flexibility index (Phi) is 5.13. The molecule has 0 saturated carbocycles. The third-order valence-electron chi connectivity index (χ3n) is 4.04. The minimum atomic E-state index is -3.28. The number of halogens is 1. The van der Waals surface area contributed by atoms with Gasteiger partial charge in [-0.2, -0.15) is 0 Å². The van der Waals surface area contributed by atoms with Crippen molar-refractivity contribution in [1.82, 2.24) is 0 Å². The predicted octanol–water partition coefficient (Wildman–Crippen LogP) is 3.16. The summed E-state index contributed by atoms with van der Waals surface area (Å²) in [5.74, 6) is 0.470. The number of rotatable bonds is 6. The van der Waals surface area contributed by atoms with E-state index in [-0.39, 0.29) is 11.4 Å². The number of nitrogens with one attached hydrogen (secondary N) is 1. The number of aryl methyl sites for hydroxylation is 1. The molecule has 1 N–H and O–H groups in total. The average Bonchev–Trinajstić information content (AvgIpc) is 2.94. The standard InChI is InChI=1S/C18H21FN2O3S/c1-14-3-6-16(7-4-14)24-11-9-20-18-13-15(5-8-17(18)19)21-10-2-12-25(21,22)23/h3-8,13,20H,2,9-12H2,1H3. The van der Waals surface area contributed by atoms with Crippen LogP contribution in [0.1, 0.15) is 12.0 Å². The molecule has 1 aliphatic rings. The molecule has 2 aromatic rings. The van der Waals surface area contributed by atoms with Crippen molar-refractivity contribution < 1.29 is 17.5 Å². The molecular formula is C18H21FN2O3S. The minimum Gasteiger partial charge on any atom is -0.492 e. The van der Waals surface area contributed by atoms with E-state index in [0.717, 1.165) is 11.3 Å². The van der Waals surface area contributed by atoms with Crippen molar-refractivity contribution in [3.8, 4) is 5.75 Å². The fraction of sp³-hybridized carbons (Fsp3) is 0.333. The summed E-state index contributed by atoms with van der Waals surface area (Å²) < 4.78 is 44.9. The van der Waals surface area contributed by atoms with E-state index in [0.29, 0.717) is 31.8 Å². The number of nitrogens with zero attached hydrogens (tertiary/aromatic N) is 1. The Balaban J connectivity index is 1.60. The van der Waals surface area contributed by atoms with Crippen LogP contribution in [0.4, 0.5) is 15.8 Å². The van der Waals surface area contributed by atoms with Gasteiger partial charge >= 0.3 is 0 Å². The zero-order chi connectivity index (χ0) is 17.9. The van der Waals surface area contributed by atoms with Crippen LogP contribution in [0.2, 0.25) is 0 Å². The summed E-state index contributed by atoms with van der Waals surface area (Å²) in [5, 5.41) is 2.96. The van der Waals surface area contributed by atoms with Crippen LogP contribution in [0.5, 0.6) is 5.75 Å². The van der Waals surface area contributed by atoms with E-state index in [4.69, 9.17) is 4.74 Å². The van der Waals surface area contributed by atoms with Crippen LogP contribution >= 0.6 is 0 Å². The van der Waals surface area contributed by atoms with Crippen LogP contribution in [-0.2, 0) is 10.0 Å². The molecule has 1 saturated heterocycles. The maximum Gasteiger partial charge on any atom is 0.235 e. The van der Waals surface area contributed by atoms with Gasteiger partial charge < -0.3 is 10.1 Å². The highest BCUT2D eigenvalue weighted by atomic mass is 32.2. The summed E-state index contributed by atoms with van der Waals surface area (Å²) in [6, 6.07) is 12.0. The average molecular weight is 364 g/mol. The van der Waals surface area contributed by atoms with E-state index in [1.54, 1.807) is 0 Å². The first-order valence-corrected chi connectivity index (χ1v) is 9.80.